The third kappa shape index (κ3) is 3.00. The maximum atomic E-state index is 11.8. The van der Waals surface area contributed by atoms with Crippen LogP contribution < -0.4 is 5.32 Å². The van der Waals surface area contributed by atoms with Gasteiger partial charge in [0.1, 0.15) is 6.07 Å². The molecule has 0 aliphatic carbocycles. The Labute approximate surface area is 90.9 Å². The largest absolute Gasteiger partial charge is 0.384 e. The van der Waals surface area contributed by atoms with E-state index in [1.807, 2.05) is 6.07 Å². The molecule has 1 rings (SSSR count). The van der Waals surface area contributed by atoms with Crippen molar-refractivity contribution in [2.45, 2.75) is 6.42 Å². The summed E-state index contributed by atoms with van der Waals surface area (Å²) in [7, 11) is 0. The molecule has 14 heavy (non-hydrogen) atoms. The van der Waals surface area contributed by atoms with E-state index in [2.05, 4.69) is 27.3 Å². The lowest BCUT2D eigenvalue weighted by molar-refractivity contribution is 0.481. The minimum Gasteiger partial charge on any atom is -0.384 e. The summed E-state index contributed by atoms with van der Waals surface area (Å²) in [6.45, 7) is 0.207. The lowest BCUT2D eigenvalue weighted by Crippen LogP contribution is -2.03. The van der Waals surface area contributed by atoms with Gasteiger partial charge in [0.15, 0.2) is 0 Å². The molecule has 0 unspecified atom stereocenters. The number of benzene rings is 1. The van der Waals surface area contributed by atoms with Gasteiger partial charge in [0.2, 0.25) is 0 Å². The van der Waals surface area contributed by atoms with E-state index in [-0.39, 0.29) is 6.67 Å². The molecule has 1 aromatic carbocycles. The van der Waals surface area contributed by atoms with Gasteiger partial charge >= 0.3 is 0 Å². The summed E-state index contributed by atoms with van der Waals surface area (Å²) in [5.41, 5.74) is 1.32. The molecule has 0 spiro atoms. The highest BCUT2D eigenvalue weighted by Gasteiger charge is 2.01. The highest BCUT2D eigenvalue weighted by molar-refractivity contribution is 9.10. The van der Waals surface area contributed by atoms with Gasteiger partial charge in [-0.25, -0.2) is 0 Å². The van der Waals surface area contributed by atoms with Gasteiger partial charge in [0, 0.05) is 11.0 Å². The van der Waals surface area contributed by atoms with Crippen molar-refractivity contribution in [3.05, 3.63) is 28.2 Å². The first kappa shape index (κ1) is 11.0. The highest BCUT2D eigenvalue weighted by Crippen LogP contribution is 2.19. The van der Waals surface area contributed by atoms with Crippen LogP contribution in [0.4, 0.5) is 10.1 Å². The van der Waals surface area contributed by atoms with Crippen molar-refractivity contribution in [1.29, 1.82) is 5.26 Å². The van der Waals surface area contributed by atoms with Gasteiger partial charge in [-0.15, -0.1) is 0 Å². The van der Waals surface area contributed by atoms with Crippen molar-refractivity contribution in [3.63, 3.8) is 0 Å². The molecule has 2 nitrogen and oxygen atoms in total. The number of rotatable bonds is 4. The summed E-state index contributed by atoms with van der Waals surface area (Å²) in [6, 6.07) is 7.46. The summed E-state index contributed by atoms with van der Waals surface area (Å²) in [5.74, 6) is 0. The van der Waals surface area contributed by atoms with Crippen molar-refractivity contribution < 1.29 is 4.39 Å². The maximum Gasteiger partial charge on any atom is 0.101 e. The number of nitrogens with zero attached hydrogens (tertiary/aromatic N) is 1. The third-order valence-corrected chi connectivity index (χ3v) is 2.22. The van der Waals surface area contributed by atoms with Crippen LogP contribution in [0.15, 0.2) is 22.7 Å². The molecular formula is C10H10BrFN2. The zero-order valence-electron chi connectivity index (χ0n) is 7.56. The number of hydrogen-bond donors (Lipinski definition) is 1. The number of hydrogen-bond acceptors (Lipinski definition) is 2. The summed E-state index contributed by atoms with van der Waals surface area (Å²) in [5, 5.41) is 11.8. The summed E-state index contributed by atoms with van der Waals surface area (Å²) in [6.07, 6.45) is 0.459. The van der Waals surface area contributed by atoms with Gasteiger partial charge in [-0.1, -0.05) is 15.9 Å². The SMILES string of the molecule is N#Cc1cc(Br)ccc1NCCCF. The van der Waals surface area contributed by atoms with Gasteiger partial charge in [-0.2, -0.15) is 5.26 Å². The zero-order chi connectivity index (χ0) is 10.4. The van der Waals surface area contributed by atoms with Gasteiger partial charge in [-0.05, 0) is 24.6 Å². The zero-order valence-corrected chi connectivity index (χ0v) is 9.14. The number of nitrogens with one attached hydrogen (secondary N) is 1. The van der Waals surface area contributed by atoms with Crippen LogP contribution >= 0.6 is 15.9 Å². The molecule has 0 aliphatic rings. The van der Waals surface area contributed by atoms with Crippen LogP contribution in [0.2, 0.25) is 0 Å². The van der Waals surface area contributed by atoms with E-state index in [1.54, 1.807) is 12.1 Å². The number of nitriles is 1. The van der Waals surface area contributed by atoms with E-state index in [0.717, 1.165) is 10.2 Å². The Balaban J connectivity index is 2.72. The Kier molecular flexibility index (Phi) is 4.41. The molecule has 0 amide bonds. The Bertz CT molecular complexity index is 346. The minimum atomic E-state index is -0.342. The Morgan fingerprint density at radius 1 is 1.50 bits per heavy atom. The topological polar surface area (TPSA) is 35.8 Å². The van der Waals surface area contributed by atoms with Crippen molar-refractivity contribution in [2.75, 3.05) is 18.5 Å². The van der Waals surface area contributed by atoms with Crippen LogP contribution in [0.25, 0.3) is 0 Å². The standard InChI is InChI=1S/C10H10BrFN2/c11-9-2-3-10(8(6-9)7-13)14-5-1-4-12/h2-3,6,14H,1,4-5H2. The first-order valence-electron chi connectivity index (χ1n) is 4.27. The minimum absolute atomic E-state index is 0.342. The average molecular weight is 257 g/mol. The molecule has 1 N–H and O–H groups in total. The second-order valence-corrected chi connectivity index (χ2v) is 3.69. The first-order chi connectivity index (χ1) is 6.77. The van der Waals surface area contributed by atoms with E-state index in [9.17, 15) is 4.39 Å². The van der Waals surface area contributed by atoms with E-state index in [1.165, 1.54) is 0 Å². The maximum absolute atomic E-state index is 11.8. The van der Waals surface area contributed by atoms with E-state index >= 15 is 0 Å². The molecule has 0 radical (unpaired) electrons. The smallest absolute Gasteiger partial charge is 0.101 e. The fraction of sp³-hybridized carbons (Fsp3) is 0.300. The molecule has 0 aromatic heterocycles. The van der Waals surface area contributed by atoms with Crippen LogP contribution in [0.5, 0.6) is 0 Å². The monoisotopic (exact) mass is 256 g/mol. The summed E-state index contributed by atoms with van der Waals surface area (Å²) >= 11 is 3.28. The summed E-state index contributed by atoms with van der Waals surface area (Å²) < 4.78 is 12.7. The average Bonchev–Trinajstić information content (AvgIpc) is 2.20. The van der Waals surface area contributed by atoms with Gasteiger partial charge in [0.05, 0.1) is 17.9 Å². The van der Waals surface area contributed by atoms with Crippen LogP contribution in [0, 0.1) is 11.3 Å². The summed E-state index contributed by atoms with van der Waals surface area (Å²) in [4.78, 5) is 0. The van der Waals surface area contributed by atoms with E-state index < -0.39 is 0 Å². The Hall–Kier alpha value is -1.08. The number of alkyl halides is 1. The fourth-order valence-corrected chi connectivity index (χ4v) is 1.41. The molecule has 0 bridgehead atoms. The Morgan fingerprint density at radius 2 is 2.29 bits per heavy atom. The third-order valence-electron chi connectivity index (χ3n) is 1.73. The second-order valence-electron chi connectivity index (χ2n) is 2.77. The molecule has 0 fully saturated rings. The highest BCUT2D eigenvalue weighted by atomic mass is 79.9. The van der Waals surface area contributed by atoms with Gasteiger partial charge < -0.3 is 5.32 Å². The van der Waals surface area contributed by atoms with Crippen LogP contribution in [-0.4, -0.2) is 13.2 Å². The number of anilines is 1. The molecule has 4 heteroatoms. The molecule has 0 atom stereocenters. The first-order valence-corrected chi connectivity index (χ1v) is 5.06. The predicted molar refractivity (Wildman–Crippen MR) is 57.9 cm³/mol. The predicted octanol–water partition coefficient (Wildman–Crippen LogP) is 3.09. The van der Waals surface area contributed by atoms with Crippen molar-refractivity contribution in [3.8, 4) is 6.07 Å². The second kappa shape index (κ2) is 5.61. The molecule has 0 aliphatic heterocycles. The molecule has 0 saturated carbocycles. The number of halogens is 2. The van der Waals surface area contributed by atoms with Gasteiger partial charge in [-0.3, -0.25) is 4.39 Å². The van der Waals surface area contributed by atoms with Crippen LogP contribution in [0.1, 0.15) is 12.0 Å². The van der Waals surface area contributed by atoms with E-state index in [0.29, 0.717) is 18.5 Å². The van der Waals surface area contributed by atoms with Crippen molar-refractivity contribution >= 4 is 21.6 Å². The molecule has 0 heterocycles. The molecule has 0 saturated heterocycles. The normalized spacial score (nSPS) is 9.50. The quantitative estimate of drug-likeness (QED) is 0.841. The fourth-order valence-electron chi connectivity index (χ4n) is 1.05. The lowest BCUT2D eigenvalue weighted by Gasteiger charge is -2.06. The van der Waals surface area contributed by atoms with E-state index in [4.69, 9.17) is 5.26 Å². The van der Waals surface area contributed by atoms with Crippen molar-refractivity contribution in [2.24, 2.45) is 0 Å². The van der Waals surface area contributed by atoms with Crippen LogP contribution in [0.3, 0.4) is 0 Å². The van der Waals surface area contributed by atoms with Gasteiger partial charge in [0.25, 0.3) is 0 Å². The molecule has 1 aromatic rings. The van der Waals surface area contributed by atoms with Crippen LogP contribution in [-0.2, 0) is 0 Å². The lowest BCUT2D eigenvalue weighted by atomic mass is 10.2. The molecule has 74 valence electrons. The molecular weight excluding hydrogens is 247 g/mol. The Morgan fingerprint density at radius 3 is 2.93 bits per heavy atom. The van der Waals surface area contributed by atoms with Crippen molar-refractivity contribution in [1.82, 2.24) is 0 Å².